The largest absolute Gasteiger partial charge is 0.535 e. The molecule has 1 aromatic carbocycles. The smallest absolute Gasteiger partial charge is 0.526 e. The van der Waals surface area contributed by atoms with Crippen molar-refractivity contribution in [3.05, 3.63) is 23.3 Å². The molecule has 21 heavy (non-hydrogen) atoms. The van der Waals surface area contributed by atoms with Crippen molar-refractivity contribution in [2.75, 3.05) is 6.61 Å². The number of carbonyl (C=O) groups is 2. The fourth-order valence-corrected chi connectivity index (χ4v) is 2.45. The van der Waals surface area contributed by atoms with E-state index in [2.05, 4.69) is 0 Å². The van der Waals surface area contributed by atoms with Crippen LogP contribution in [0.5, 0.6) is 11.5 Å². The molecule has 1 atom stereocenters. The Morgan fingerprint density at radius 1 is 1.48 bits per heavy atom. The molecule has 0 fully saturated rings. The molecule has 1 aliphatic heterocycles. The van der Waals surface area contributed by atoms with Crippen LogP contribution in [-0.2, 0) is 16.0 Å². The minimum absolute atomic E-state index is 0.0458. The number of fused-ring (bicyclic) bond motifs is 1. The SMILES string of the molecule is CCOC(=O)c1c(O)ccc2c1OB(O)[C@@H](CC(C)=O)C2. The lowest BCUT2D eigenvalue weighted by Crippen LogP contribution is -2.35. The Labute approximate surface area is 122 Å². The third-order valence-electron chi connectivity index (χ3n) is 3.37. The van der Waals surface area contributed by atoms with Gasteiger partial charge in [0, 0.05) is 12.2 Å². The van der Waals surface area contributed by atoms with Gasteiger partial charge in [0.2, 0.25) is 0 Å². The number of esters is 1. The van der Waals surface area contributed by atoms with E-state index < -0.39 is 13.1 Å². The summed E-state index contributed by atoms with van der Waals surface area (Å²) in [5, 5.41) is 19.8. The summed E-state index contributed by atoms with van der Waals surface area (Å²) in [7, 11) is -1.20. The lowest BCUT2D eigenvalue weighted by atomic mass is 9.64. The molecule has 0 aromatic heterocycles. The first kappa shape index (κ1) is 15.4. The van der Waals surface area contributed by atoms with E-state index in [1.54, 1.807) is 13.0 Å². The van der Waals surface area contributed by atoms with Crippen molar-refractivity contribution < 1.29 is 29.1 Å². The molecule has 0 unspecified atom stereocenters. The molecule has 2 rings (SSSR count). The highest BCUT2D eigenvalue weighted by molar-refractivity contribution is 6.47. The molecule has 0 radical (unpaired) electrons. The molecule has 2 N–H and O–H groups in total. The number of benzene rings is 1. The van der Waals surface area contributed by atoms with Crippen LogP contribution < -0.4 is 4.65 Å². The van der Waals surface area contributed by atoms with Gasteiger partial charge in [-0.3, -0.25) is 0 Å². The first-order valence-corrected chi connectivity index (χ1v) is 6.80. The monoisotopic (exact) mass is 292 g/mol. The summed E-state index contributed by atoms with van der Waals surface area (Å²) in [6.07, 6.45) is 0.582. The predicted octanol–water partition coefficient (Wildman–Crippen LogP) is 1.33. The van der Waals surface area contributed by atoms with Gasteiger partial charge in [0.15, 0.2) is 0 Å². The molecule has 1 aliphatic rings. The maximum atomic E-state index is 11.9. The Kier molecular flexibility index (Phi) is 4.52. The molecule has 0 spiro atoms. The van der Waals surface area contributed by atoms with Crippen LogP contribution in [0.15, 0.2) is 12.1 Å². The van der Waals surface area contributed by atoms with Crippen LogP contribution >= 0.6 is 0 Å². The van der Waals surface area contributed by atoms with E-state index >= 15 is 0 Å². The number of hydrogen-bond donors (Lipinski definition) is 2. The first-order valence-electron chi connectivity index (χ1n) is 6.80. The van der Waals surface area contributed by atoms with E-state index in [4.69, 9.17) is 9.39 Å². The third kappa shape index (κ3) is 3.18. The number of ether oxygens (including phenoxy) is 1. The van der Waals surface area contributed by atoms with E-state index in [-0.39, 0.29) is 41.7 Å². The lowest BCUT2D eigenvalue weighted by molar-refractivity contribution is -0.117. The highest BCUT2D eigenvalue weighted by Crippen LogP contribution is 2.40. The fourth-order valence-electron chi connectivity index (χ4n) is 2.45. The first-order chi connectivity index (χ1) is 9.93. The van der Waals surface area contributed by atoms with E-state index in [1.807, 2.05) is 0 Å². The van der Waals surface area contributed by atoms with Gasteiger partial charge < -0.3 is 24.3 Å². The van der Waals surface area contributed by atoms with Gasteiger partial charge in [-0.1, -0.05) is 6.07 Å². The second-order valence-corrected chi connectivity index (χ2v) is 5.05. The Morgan fingerprint density at radius 3 is 2.81 bits per heavy atom. The molecule has 1 heterocycles. The van der Waals surface area contributed by atoms with Crippen molar-refractivity contribution >= 4 is 18.9 Å². The quantitative estimate of drug-likeness (QED) is 0.642. The predicted molar refractivity (Wildman–Crippen MR) is 75.4 cm³/mol. The van der Waals surface area contributed by atoms with Gasteiger partial charge in [-0.25, -0.2) is 4.79 Å². The average Bonchev–Trinajstić information content (AvgIpc) is 2.39. The number of carbonyl (C=O) groups excluding carboxylic acids is 2. The summed E-state index contributed by atoms with van der Waals surface area (Å²) in [4.78, 5) is 23.1. The van der Waals surface area contributed by atoms with Crippen molar-refractivity contribution in [3.8, 4) is 11.5 Å². The maximum Gasteiger partial charge on any atom is 0.526 e. The summed E-state index contributed by atoms with van der Waals surface area (Å²) < 4.78 is 10.3. The van der Waals surface area contributed by atoms with E-state index in [0.29, 0.717) is 12.0 Å². The molecule has 0 saturated heterocycles. The zero-order chi connectivity index (χ0) is 15.6. The van der Waals surface area contributed by atoms with E-state index in [0.717, 1.165) is 0 Å². The maximum absolute atomic E-state index is 11.9. The van der Waals surface area contributed by atoms with Crippen molar-refractivity contribution in [3.63, 3.8) is 0 Å². The van der Waals surface area contributed by atoms with Gasteiger partial charge in [0.25, 0.3) is 0 Å². The van der Waals surface area contributed by atoms with Gasteiger partial charge in [-0.05, 0) is 31.9 Å². The molecule has 0 aliphatic carbocycles. The molecular weight excluding hydrogens is 275 g/mol. The molecule has 1 aromatic rings. The van der Waals surface area contributed by atoms with Crippen molar-refractivity contribution in [1.82, 2.24) is 0 Å². The number of hydrogen-bond acceptors (Lipinski definition) is 6. The van der Waals surface area contributed by atoms with Gasteiger partial charge in [0.05, 0.1) is 6.61 Å². The van der Waals surface area contributed by atoms with Crippen LogP contribution in [-0.4, -0.2) is 35.6 Å². The average molecular weight is 292 g/mol. The number of ketones is 1. The van der Waals surface area contributed by atoms with Crippen LogP contribution in [0.25, 0.3) is 0 Å². The molecule has 0 saturated carbocycles. The van der Waals surface area contributed by atoms with Crippen LogP contribution in [0.3, 0.4) is 0 Å². The molecule has 0 amide bonds. The number of rotatable bonds is 4. The summed E-state index contributed by atoms with van der Waals surface area (Å²) in [5.74, 6) is -1.25. The minimum Gasteiger partial charge on any atom is -0.535 e. The zero-order valence-electron chi connectivity index (χ0n) is 12.0. The van der Waals surface area contributed by atoms with Crippen molar-refractivity contribution in [2.24, 2.45) is 0 Å². The molecular formula is C14H17BO6. The van der Waals surface area contributed by atoms with Gasteiger partial charge in [-0.15, -0.1) is 0 Å². The molecule has 7 heteroatoms. The number of Topliss-reactive ketones (excluding diaryl/α,β-unsaturated/α-hetero) is 1. The van der Waals surface area contributed by atoms with E-state index in [9.17, 15) is 19.7 Å². The Hall–Kier alpha value is -2.02. The number of aromatic hydroxyl groups is 1. The third-order valence-corrected chi connectivity index (χ3v) is 3.37. The fraction of sp³-hybridized carbons (Fsp3) is 0.429. The highest BCUT2D eigenvalue weighted by atomic mass is 16.5. The van der Waals surface area contributed by atoms with Crippen LogP contribution in [0.4, 0.5) is 0 Å². The lowest BCUT2D eigenvalue weighted by Gasteiger charge is -2.28. The van der Waals surface area contributed by atoms with Crippen molar-refractivity contribution in [2.45, 2.75) is 32.5 Å². The van der Waals surface area contributed by atoms with Gasteiger partial charge >= 0.3 is 13.1 Å². The van der Waals surface area contributed by atoms with Gasteiger partial charge in [-0.2, -0.15) is 0 Å². The van der Waals surface area contributed by atoms with Crippen LogP contribution in [0.1, 0.15) is 36.2 Å². The highest BCUT2D eigenvalue weighted by Gasteiger charge is 2.38. The number of phenolic OH excluding ortho intramolecular Hbond substituents is 1. The van der Waals surface area contributed by atoms with Crippen LogP contribution in [0, 0.1) is 0 Å². The standard InChI is InChI=1S/C14H17BO6/c1-3-20-14(18)12-11(17)5-4-9-7-10(6-8(2)16)15(19)21-13(9)12/h4-5,10,17,19H,3,6-7H2,1-2H3/t10-/m0/s1. The molecule has 0 bridgehead atoms. The molecule has 6 nitrogen and oxygen atoms in total. The Morgan fingerprint density at radius 2 is 2.19 bits per heavy atom. The summed E-state index contributed by atoms with van der Waals surface area (Å²) in [6.45, 7) is 3.27. The zero-order valence-corrected chi connectivity index (χ0v) is 12.0. The summed E-state index contributed by atoms with van der Waals surface area (Å²) in [6, 6.07) is 3.00. The van der Waals surface area contributed by atoms with Gasteiger partial charge in [0.1, 0.15) is 22.8 Å². The minimum atomic E-state index is -1.20. The van der Waals surface area contributed by atoms with Crippen molar-refractivity contribution in [1.29, 1.82) is 0 Å². The van der Waals surface area contributed by atoms with Crippen LogP contribution in [0.2, 0.25) is 5.82 Å². The summed E-state index contributed by atoms with van der Waals surface area (Å²) in [5.41, 5.74) is 0.571. The Balaban J connectivity index is 2.37. The molecule has 112 valence electrons. The number of phenols is 1. The summed E-state index contributed by atoms with van der Waals surface area (Å²) >= 11 is 0. The Bertz CT molecular complexity index is 571. The topological polar surface area (TPSA) is 93.1 Å². The normalized spacial score (nSPS) is 16.9. The van der Waals surface area contributed by atoms with E-state index in [1.165, 1.54) is 13.0 Å². The second-order valence-electron chi connectivity index (χ2n) is 5.05. The second kappa shape index (κ2) is 6.18.